The van der Waals surface area contributed by atoms with Gasteiger partial charge in [0.15, 0.2) is 9.84 Å². The lowest BCUT2D eigenvalue weighted by molar-refractivity contribution is -0.137. The van der Waals surface area contributed by atoms with Gasteiger partial charge in [-0.2, -0.15) is 18.3 Å². The summed E-state index contributed by atoms with van der Waals surface area (Å²) >= 11 is 0. The van der Waals surface area contributed by atoms with Gasteiger partial charge in [0.25, 0.3) is 0 Å². The van der Waals surface area contributed by atoms with E-state index in [1.54, 1.807) is 25.3 Å². The van der Waals surface area contributed by atoms with E-state index >= 15 is 0 Å². The first-order valence-electron chi connectivity index (χ1n) is 7.10. The van der Waals surface area contributed by atoms with Crippen molar-refractivity contribution in [3.05, 3.63) is 54.2 Å². The van der Waals surface area contributed by atoms with Gasteiger partial charge in [-0.1, -0.05) is 13.0 Å². The molecule has 0 N–H and O–H groups in total. The molecule has 8 heteroatoms. The fourth-order valence-electron chi connectivity index (χ4n) is 2.30. The number of nitrogens with zero attached hydrogens (tertiary/aromatic N) is 2. The molecular formula is C16H13F3N2O2S. The summed E-state index contributed by atoms with van der Waals surface area (Å²) in [6.45, 7) is 1.56. The highest BCUT2D eigenvalue weighted by Gasteiger charge is 2.30. The molecule has 0 radical (unpaired) electrons. The van der Waals surface area contributed by atoms with E-state index in [0.717, 1.165) is 12.1 Å². The van der Waals surface area contributed by atoms with Gasteiger partial charge in [0.1, 0.15) is 0 Å². The van der Waals surface area contributed by atoms with Crippen LogP contribution in [0.1, 0.15) is 12.5 Å². The number of alkyl halides is 3. The van der Waals surface area contributed by atoms with Crippen molar-refractivity contribution in [2.45, 2.75) is 18.0 Å². The van der Waals surface area contributed by atoms with Crippen molar-refractivity contribution in [1.29, 1.82) is 0 Å². The average Bonchev–Trinajstić information content (AvgIpc) is 2.97. The summed E-state index contributed by atoms with van der Waals surface area (Å²) < 4.78 is 63.2. The van der Waals surface area contributed by atoms with Crippen molar-refractivity contribution >= 4 is 20.7 Å². The number of halogens is 3. The number of rotatable bonds is 3. The third-order valence-corrected chi connectivity index (χ3v) is 5.43. The third kappa shape index (κ3) is 3.01. The Kier molecular flexibility index (Phi) is 3.87. The zero-order valence-electron chi connectivity index (χ0n) is 12.6. The lowest BCUT2D eigenvalue weighted by atomic mass is 10.1. The van der Waals surface area contributed by atoms with E-state index in [4.69, 9.17) is 0 Å². The van der Waals surface area contributed by atoms with Crippen LogP contribution in [0.4, 0.5) is 13.2 Å². The second-order valence-corrected chi connectivity index (χ2v) is 7.52. The molecule has 0 unspecified atom stereocenters. The molecule has 0 saturated carbocycles. The number of hydrogen-bond acceptors (Lipinski definition) is 3. The predicted molar refractivity (Wildman–Crippen MR) is 83.8 cm³/mol. The molecule has 2 aromatic carbocycles. The maximum absolute atomic E-state index is 12.7. The molecule has 0 atom stereocenters. The molecule has 0 fully saturated rings. The van der Waals surface area contributed by atoms with Crippen molar-refractivity contribution in [3.8, 4) is 5.69 Å². The van der Waals surface area contributed by atoms with Gasteiger partial charge in [0.2, 0.25) is 0 Å². The van der Waals surface area contributed by atoms with E-state index in [-0.39, 0.29) is 16.2 Å². The fraction of sp³-hybridized carbons (Fsp3) is 0.188. The first kappa shape index (κ1) is 16.5. The van der Waals surface area contributed by atoms with Crippen LogP contribution in [0.25, 0.3) is 16.6 Å². The standard InChI is InChI=1S/C16H13F3N2O2S/c1-2-24(22,23)14-7-5-13(6-8-14)21-10-11-3-4-12(16(17,18)19)9-15(11)20-21/h3-10H,2H2,1H3. The number of hydrogen-bond donors (Lipinski definition) is 0. The van der Waals surface area contributed by atoms with Crippen LogP contribution in [0.3, 0.4) is 0 Å². The molecule has 0 aliphatic heterocycles. The molecule has 24 heavy (non-hydrogen) atoms. The van der Waals surface area contributed by atoms with Crippen molar-refractivity contribution in [3.63, 3.8) is 0 Å². The summed E-state index contributed by atoms with van der Waals surface area (Å²) in [5.41, 5.74) is 0.0227. The minimum absolute atomic E-state index is 0.00176. The van der Waals surface area contributed by atoms with Gasteiger partial charge in [-0.3, -0.25) is 0 Å². The Bertz CT molecular complexity index is 990. The number of sulfone groups is 1. The highest BCUT2D eigenvalue weighted by Crippen LogP contribution is 2.31. The minimum atomic E-state index is -4.42. The molecule has 3 rings (SSSR count). The second kappa shape index (κ2) is 5.62. The number of aromatic nitrogens is 2. The predicted octanol–water partition coefficient (Wildman–Crippen LogP) is 3.84. The maximum atomic E-state index is 12.7. The van der Waals surface area contributed by atoms with Gasteiger partial charge in [-0.15, -0.1) is 0 Å². The quantitative estimate of drug-likeness (QED) is 0.718. The monoisotopic (exact) mass is 354 g/mol. The van der Waals surface area contributed by atoms with E-state index in [9.17, 15) is 21.6 Å². The summed E-state index contributed by atoms with van der Waals surface area (Å²) in [7, 11) is -3.30. The van der Waals surface area contributed by atoms with E-state index < -0.39 is 21.6 Å². The van der Waals surface area contributed by atoms with Crippen molar-refractivity contribution in [2.24, 2.45) is 0 Å². The lowest BCUT2D eigenvalue weighted by Gasteiger charge is -2.05. The topological polar surface area (TPSA) is 52.0 Å². The van der Waals surface area contributed by atoms with Crippen LogP contribution in [-0.4, -0.2) is 24.0 Å². The highest BCUT2D eigenvalue weighted by atomic mass is 32.2. The van der Waals surface area contributed by atoms with Crippen LogP contribution in [0.15, 0.2) is 53.6 Å². The van der Waals surface area contributed by atoms with Crippen LogP contribution in [0.5, 0.6) is 0 Å². The zero-order valence-corrected chi connectivity index (χ0v) is 13.4. The molecule has 0 aliphatic carbocycles. The SMILES string of the molecule is CCS(=O)(=O)c1ccc(-n2cc3ccc(C(F)(F)F)cc3n2)cc1. The molecule has 0 aliphatic rings. The van der Waals surface area contributed by atoms with Gasteiger partial charge in [0, 0.05) is 11.6 Å². The van der Waals surface area contributed by atoms with Crippen LogP contribution in [0, 0.1) is 0 Å². The van der Waals surface area contributed by atoms with E-state index in [1.807, 2.05) is 0 Å². The van der Waals surface area contributed by atoms with Gasteiger partial charge in [-0.25, -0.2) is 13.1 Å². The van der Waals surface area contributed by atoms with Gasteiger partial charge in [0.05, 0.1) is 27.4 Å². The zero-order chi connectivity index (χ0) is 17.5. The first-order chi connectivity index (χ1) is 11.2. The molecule has 1 aromatic heterocycles. The van der Waals surface area contributed by atoms with E-state index in [1.165, 1.54) is 22.9 Å². The minimum Gasteiger partial charge on any atom is -0.240 e. The Hall–Kier alpha value is -2.35. The molecule has 0 spiro atoms. The van der Waals surface area contributed by atoms with Crippen LogP contribution in [0.2, 0.25) is 0 Å². The van der Waals surface area contributed by atoms with E-state index in [2.05, 4.69) is 5.10 Å². The fourth-order valence-corrected chi connectivity index (χ4v) is 3.18. The average molecular weight is 354 g/mol. The Balaban J connectivity index is 2.01. The Morgan fingerprint density at radius 2 is 1.75 bits per heavy atom. The van der Waals surface area contributed by atoms with Crippen LogP contribution >= 0.6 is 0 Å². The lowest BCUT2D eigenvalue weighted by Crippen LogP contribution is -2.04. The summed E-state index contributed by atoms with van der Waals surface area (Å²) in [6.07, 6.45) is -2.83. The summed E-state index contributed by atoms with van der Waals surface area (Å²) in [5, 5.41) is 4.70. The summed E-state index contributed by atoms with van der Waals surface area (Å²) in [6, 6.07) is 9.41. The second-order valence-electron chi connectivity index (χ2n) is 5.24. The smallest absolute Gasteiger partial charge is 0.240 e. The van der Waals surface area contributed by atoms with Crippen molar-refractivity contribution < 1.29 is 21.6 Å². The summed E-state index contributed by atoms with van der Waals surface area (Å²) in [5.74, 6) is -0.00176. The molecule has 0 amide bonds. The molecular weight excluding hydrogens is 341 g/mol. The summed E-state index contributed by atoms with van der Waals surface area (Å²) in [4.78, 5) is 0.199. The normalized spacial score (nSPS) is 12.7. The molecule has 0 saturated heterocycles. The molecule has 126 valence electrons. The molecule has 1 heterocycles. The van der Waals surface area contributed by atoms with Crippen molar-refractivity contribution in [1.82, 2.24) is 9.78 Å². The Labute approximate surface area is 136 Å². The molecule has 3 aromatic rings. The van der Waals surface area contributed by atoms with Gasteiger partial charge >= 0.3 is 6.18 Å². The Morgan fingerprint density at radius 3 is 2.33 bits per heavy atom. The Morgan fingerprint density at radius 1 is 1.08 bits per heavy atom. The highest BCUT2D eigenvalue weighted by molar-refractivity contribution is 7.91. The first-order valence-corrected chi connectivity index (χ1v) is 8.76. The largest absolute Gasteiger partial charge is 0.416 e. The van der Waals surface area contributed by atoms with E-state index in [0.29, 0.717) is 11.1 Å². The number of fused-ring (bicyclic) bond motifs is 1. The van der Waals surface area contributed by atoms with Gasteiger partial charge in [-0.05, 0) is 36.4 Å². The number of benzene rings is 2. The molecule has 4 nitrogen and oxygen atoms in total. The maximum Gasteiger partial charge on any atom is 0.416 e. The van der Waals surface area contributed by atoms with Crippen molar-refractivity contribution in [2.75, 3.05) is 5.75 Å². The van der Waals surface area contributed by atoms with Crippen LogP contribution < -0.4 is 0 Å². The third-order valence-electron chi connectivity index (χ3n) is 3.68. The van der Waals surface area contributed by atoms with Gasteiger partial charge < -0.3 is 0 Å². The van der Waals surface area contributed by atoms with Crippen LogP contribution in [-0.2, 0) is 16.0 Å². The molecule has 0 bridgehead atoms.